The van der Waals surface area contributed by atoms with Crippen LogP contribution in [0.4, 0.5) is 19.0 Å². The maximum atomic E-state index is 13.2. The van der Waals surface area contributed by atoms with Crippen molar-refractivity contribution in [3.63, 3.8) is 0 Å². The molecule has 5 aromatic rings. The number of aryl methyl sites for hydroxylation is 1. The predicted octanol–water partition coefficient (Wildman–Crippen LogP) is 5.65. The number of imidazole rings is 1. The highest BCUT2D eigenvalue weighted by atomic mass is 19.4. The topological polar surface area (TPSA) is 86.8 Å². The molecule has 0 N–H and O–H groups in total. The standard InChI is InChI=1S/C31H29F3N8O/c1-40-17-24(31(32,33)34)38-29(40)21-10-11-25(35-14-21)41-13-12-23-22(16-41)28(39-42(23)15-19-6-4-3-5-7-19)26-27(20-8-9-20)36-18-37-30(26)43-2/h3-7,10-11,14,17-18,20H,8-9,12-13,15-16H2,1-2H3. The van der Waals surface area contributed by atoms with E-state index in [0.717, 1.165) is 65.0 Å². The molecule has 0 saturated heterocycles. The van der Waals surface area contributed by atoms with Gasteiger partial charge >= 0.3 is 6.18 Å². The maximum absolute atomic E-state index is 13.2. The summed E-state index contributed by atoms with van der Waals surface area (Å²) < 4.78 is 48.8. The summed E-state index contributed by atoms with van der Waals surface area (Å²) in [5.41, 5.74) is 5.58. The number of fused-ring (bicyclic) bond motifs is 1. The third kappa shape index (κ3) is 5.10. The van der Waals surface area contributed by atoms with Gasteiger partial charge in [-0.1, -0.05) is 30.3 Å². The van der Waals surface area contributed by atoms with E-state index in [9.17, 15) is 13.2 Å². The Morgan fingerprint density at radius 3 is 2.51 bits per heavy atom. The molecule has 4 aromatic heterocycles. The number of hydrogen-bond acceptors (Lipinski definition) is 7. The fourth-order valence-electron chi connectivity index (χ4n) is 5.78. The van der Waals surface area contributed by atoms with Crippen LogP contribution in [0.1, 0.15) is 47.0 Å². The number of methoxy groups -OCH3 is 1. The van der Waals surface area contributed by atoms with Crippen molar-refractivity contribution in [2.24, 2.45) is 7.05 Å². The van der Waals surface area contributed by atoms with Gasteiger partial charge in [-0.25, -0.2) is 19.9 Å². The van der Waals surface area contributed by atoms with Crippen LogP contribution < -0.4 is 9.64 Å². The first kappa shape index (κ1) is 27.1. The van der Waals surface area contributed by atoms with Gasteiger partial charge in [-0.15, -0.1) is 0 Å². The van der Waals surface area contributed by atoms with Gasteiger partial charge in [0.25, 0.3) is 0 Å². The van der Waals surface area contributed by atoms with Crippen LogP contribution in [0.2, 0.25) is 0 Å². The summed E-state index contributed by atoms with van der Waals surface area (Å²) in [6.45, 7) is 1.89. The van der Waals surface area contributed by atoms with E-state index in [1.54, 1.807) is 32.7 Å². The van der Waals surface area contributed by atoms with Crippen molar-refractivity contribution in [2.75, 3.05) is 18.6 Å². The van der Waals surface area contributed by atoms with Gasteiger partial charge in [0.15, 0.2) is 5.69 Å². The molecule has 0 amide bonds. The molecule has 5 heterocycles. The molecule has 43 heavy (non-hydrogen) atoms. The smallest absolute Gasteiger partial charge is 0.434 e. The summed E-state index contributed by atoms with van der Waals surface area (Å²) in [4.78, 5) is 19.7. The summed E-state index contributed by atoms with van der Waals surface area (Å²) in [5.74, 6) is 1.80. The maximum Gasteiger partial charge on any atom is 0.434 e. The van der Waals surface area contributed by atoms with Gasteiger partial charge in [-0.3, -0.25) is 4.68 Å². The first-order chi connectivity index (χ1) is 20.8. The van der Waals surface area contributed by atoms with Crippen molar-refractivity contribution < 1.29 is 17.9 Å². The van der Waals surface area contributed by atoms with E-state index in [4.69, 9.17) is 9.84 Å². The van der Waals surface area contributed by atoms with Gasteiger partial charge in [0, 0.05) is 61.7 Å². The van der Waals surface area contributed by atoms with Crippen molar-refractivity contribution >= 4 is 5.82 Å². The quantitative estimate of drug-likeness (QED) is 0.244. The van der Waals surface area contributed by atoms with E-state index in [0.29, 0.717) is 37.0 Å². The number of benzene rings is 1. The van der Waals surface area contributed by atoms with Crippen molar-refractivity contribution in [3.05, 3.63) is 89.4 Å². The van der Waals surface area contributed by atoms with Crippen LogP contribution in [0.5, 0.6) is 5.88 Å². The van der Waals surface area contributed by atoms with Crippen LogP contribution in [0.3, 0.4) is 0 Å². The van der Waals surface area contributed by atoms with Crippen LogP contribution in [0, 0.1) is 0 Å². The number of halogens is 3. The molecule has 12 heteroatoms. The van der Waals surface area contributed by atoms with E-state index in [2.05, 4.69) is 41.7 Å². The van der Waals surface area contributed by atoms with Gasteiger partial charge < -0.3 is 14.2 Å². The molecule has 0 radical (unpaired) electrons. The number of anilines is 1. The molecule has 0 unspecified atom stereocenters. The molecule has 1 fully saturated rings. The van der Waals surface area contributed by atoms with Crippen molar-refractivity contribution in [1.29, 1.82) is 0 Å². The SMILES string of the molecule is COc1ncnc(C2CC2)c1-c1nn(Cc2ccccc2)c2c1CN(c1ccc(-c3nc(C(F)(F)F)cn3C)cn1)CC2. The Morgan fingerprint density at radius 2 is 1.84 bits per heavy atom. The zero-order valence-electron chi connectivity index (χ0n) is 23.7. The molecular weight excluding hydrogens is 557 g/mol. The molecule has 220 valence electrons. The molecular formula is C31H29F3N8O. The Bertz CT molecular complexity index is 1780. The molecule has 9 nitrogen and oxygen atoms in total. The number of hydrogen-bond donors (Lipinski definition) is 0. The van der Waals surface area contributed by atoms with Crippen LogP contribution in [-0.4, -0.2) is 47.9 Å². The highest BCUT2D eigenvalue weighted by molar-refractivity contribution is 5.73. The van der Waals surface area contributed by atoms with Gasteiger partial charge in [0.05, 0.1) is 24.9 Å². The minimum atomic E-state index is -4.51. The summed E-state index contributed by atoms with van der Waals surface area (Å²) in [6.07, 6.45) is 2.49. The lowest BCUT2D eigenvalue weighted by Gasteiger charge is -2.29. The number of alkyl halides is 3. The average molecular weight is 587 g/mol. The first-order valence-corrected chi connectivity index (χ1v) is 14.1. The zero-order valence-corrected chi connectivity index (χ0v) is 23.7. The molecule has 7 rings (SSSR count). The van der Waals surface area contributed by atoms with Gasteiger partial charge in [-0.2, -0.15) is 18.3 Å². The number of rotatable bonds is 7. The monoisotopic (exact) mass is 586 g/mol. The molecule has 1 aromatic carbocycles. The minimum Gasteiger partial charge on any atom is -0.480 e. The lowest BCUT2D eigenvalue weighted by molar-refractivity contribution is -0.140. The van der Waals surface area contributed by atoms with E-state index in [1.807, 2.05) is 24.3 Å². The molecule has 0 atom stereocenters. The first-order valence-electron chi connectivity index (χ1n) is 14.1. The average Bonchev–Trinajstić information content (AvgIpc) is 3.70. The Labute approximate surface area is 246 Å². The predicted molar refractivity (Wildman–Crippen MR) is 154 cm³/mol. The number of pyridine rings is 1. The van der Waals surface area contributed by atoms with Crippen molar-refractivity contribution in [1.82, 2.24) is 34.3 Å². The molecule has 0 bridgehead atoms. The van der Waals surface area contributed by atoms with E-state index in [-0.39, 0.29) is 5.82 Å². The summed E-state index contributed by atoms with van der Waals surface area (Å²) in [5, 5.41) is 5.16. The van der Waals surface area contributed by atoms with Crippen molar-refractivity contribution in [2.45, 2.75) is 44.4 Å². The Morgan fingerprint density at radius 1 is 1.02 bits per heavy atom. The molecule has 0 spiro atoms. The Hall–Kier alpha value is -4.74. The van der Waals surface area contributed by atoms with E-state index >= 15 is 0 Å². The Balaban J connectivity index is 1.25. The second-order valence-electron chi connectivity index (χ2n) is 11.0. The summed E-state index contributed by atoms with van der Waals surface area (Å²) in [7, 11) is 3.16. The summed E-state index contributed by atoms with van der Waals surface area (Å²) in [6, 6.07) is 13.8. The molecule has 1 aliphatic carbocycles. The Kier molecular flexibility index (Phi) is 6.63. The third-order valence-electron chi connectivity index (χ3n) is 8.04. The molecule has 2 aliphatic rings. The highest BCUT2D eigenvalue weighted by Crippen LogP contribution is 2.47. The van der Waals surface area contributed by atoms with Gasteiger partial charge in [-0.05, 0) is 30.5 Å². The number of nitrogens with zero attached hydrogens (tertiary/aromatic N) is 8. The molecule has 1 aliphatic heterocycles. The molecule has 1 saturated carbocycles. The number of ether oxygens (including phenoxy) is 1. The normalized spacial score (nSPS) is 15.0. The van der Waals surface area contributed by atoms with Crippen molar-refractivity contribution in [3.8, 4) is 28.5 Å². The summed E-state index contributed by atoms with van der Waals surface area (Å²) >= 11 is 0. The van der Waals surface area contributed by atoms with Crippen LogP contribution >= 0.6 is 0 Å². The second kappa shape index (κ2) is 10.5. The van der Waals surface area contributed by atoms with E-state index in [1.165, 1.54) is 4.57 Å². The fraction of sp³-hybridized carbons (Fsp3) is 0.323. The lowest BCUT2D eigenvalue weighted by atomic mass is 9.99. The zero-order chi connectivity index (χ0) is 29.7. The van der Waals surface area contributed by atoms with Gasteiger partial charge in [0.1, 0.15) is 23.7 Å². The van der Waals surface area contributed by atoms with Crippen LogP contribution in [0.25, 0.3) is 22.6 Å². The minimum absolute atomic E-state index is 0.209. The van der Waals surface area contributed by atoms with Crippen LogP contribution in [0.15, 0.2) is 61.2 Å². The van der Waals surface area contributed by atoms with Gasteiger partial charge in [0.2, 0.25) is 5.88 Å². The third-order valence-corrected chi connectivity index (χ3v) is 8.04. The second-order valence-corrected chi connectivity index (χ2v) is 11.0. The van der Waals surface area contributed by atoms with E-state index < -0.39 is 11.9 Å². The lowest BCUT2D eigenvalue weighted by Crippen LogP contribution is -2.32. The van der Waals surface area contributed by atoms with Crippen LogP contribution in [-0.2, 0) is 32.7 Å². The largest absolute Gasteiger partial charge is 0.480 e. The highest BCUT2D eigenvalue weighted by Gasteiger charge is 2.36. The number of aromatic nitrogens is 7. The fourth-order valence-corrected chi connectivity index (χ4v) is 5.78.